The van der Waals surface area contributed by atoms with Gasteiger partial charge in [-0.15, -0.1) is 0 Å². The zero-order valence-corrected chi connectivity index (χ0v) is 15.0. The van der Waals surface area contributed by atoms with Crippen LogP contribution in [0.5, 0.6) is 0 Å². The molecule has 0 bridgehead atoms. The third-order valence-electron chi connectivity index (χ3n) is 3.78. The Morgan fingerprint density at radius 3 is 1.96 bits per heavy atom. The molecule has 138 valence electrons. The molecule has 0 spiro atoms. The molecule has 1 saturated carbocycles. The molecule has 24 heavy (non-hydrogen) atoms. The molecule has 0 aromatic heterocycles. The van der Waals surface area contributed by atoms with Gasteiger partial charge in [-0.25, -0.2) is 13.2 Å². The van der Waals surface area contributed by atoms with E-state index >= 15 is 0 Å². The van der Waals surface area contributed by atoms with E-state index in [9.17, 15) is 13.2 Å². The molecule has 1 aliphatic rings. The fourth-order valence-corrected chi connectivity index (χ4v) is 2.37. The largest absolute Gasteiger partial charge is 0.324 e. The van der Waals surface area contributed by atoms with Crippen LogP contribution in [0.3, 0.4) is 0 Å². The van der Waals surface area contributed by atoms with E-state index in [-0.39, 0.29) is 17.7 Å². The van der Waals surface area contributed by atoms with Crippen LogP contribution in [-0.4, -0.2) is 11.9 Å². The van der Waals surface area contributed by atoms with Crippen LogP contribution in [0.15, 0.2) is 18.2 Å². The highest BCUT2D eigenvalue weighted by Crippen LogP contribution is 2.20. The van der Waals surface area contributed by atoms with Crippen LogP contribution >= 0.6 is 0 Å². The maximum absolute atomic E-state index is 13.3. The van der Waals surface area contributed by atoms with Crippen molar-refractivity contribution in [1.29, 1.82) is 5.41 Å². The van der Waals surface area contributed by atoms with Gasteiger partial charge in [0.1, 0.15) is 17.8 Å². The van der Waals surface area contributed by atoms with Crippen molar-refractivity contribution in [3.63, 3.8) is 0 Å². The smallest absolute Gasteiger partial charge is 0.135 e. The molecular formula is C19H31F3N2. The first-order chi connectivity index (χ1) is 11.4. The number of nitrogens with two attached hydrogens (primary N) is 1. The van der Waals surface area contributed by atoms with Crippen molar-refractivity contribution in [2.45, 2.75) is 77.9 Å². The number of nitrogens with one attached hydrogen (secondary N) is 1. The molecule has 1 aliphatic carbocycles. The summed E-state index contributed by atoms with van der Waals surface area (Å²) in [6.45, 7) is 5.21. The minimum atomic E-state index is -1.43. The molecule has 1 aromatic carbocycles. The third-order valence-corrected chi connectivity index (χ3v) is 3.78. The number of halogens is 3. The van der Waals surface area contributed by atoms with Crippen LogP contribution in [-0.2, 0) is 0 Å². The zero-order chi connectivity index (χ0) is 18.5. The molecule has 2 nitrogen and oxygen atoms in total. The molecule has 5 heteroatoms. The van der Waals surface area contributed by atoms with Gasteiger partial charge >= 0.3 is 0 Å². The lowest BCUT2D eigenvalue weighted by Gasteiger charge is -2.14. The number of rotatable bonds is 4. The van der Waals surface area contributed by atoms with Gasteiger partial charge in [0, 0.05) is 23.7 Å². The number of benzene rings is 1. The van der Waals surface area contributed by atoms with E-state index in [1.807, 2.05) is 13.8 Å². The fraction of sp³-hybridized carbons (Fsp3) is 0.632. The van der Waals surface area contributed by atoms with Crippen LogP contribution in [0.1, 0.15) is 77.3 Å². The normalized spacial score (nSPS) is 16.0. The lowest BCUT2D eigenvalue weighted by Crippen LogP contribution is -2.21. The Kier molecular flexibility index (Phi) is 12.3. The Bertz CT molecular complexity index is 460. The van der Waals surface area contributed by atoms with Crippen molar-refractivity contribution in [1.82, 2.24) is 0 Å². The minimum Gasteiger partial charge on any atom is -0.324 e. The molecule has 1 fully saturated rings. The number of alkyl halides is 1. The van der Waals surface area contributed by atoms with Gasteiger partial charge in [-0.2, -0.15) is 0 Å². The van der Waals surface area contributed by atoms with E-state index in [4.69, 9.17) is 11.1 Å². The van der Waals surface area contributed by atoms with Crippen LogP contribution in [0, 0.1) is 17.0 Å². The summed E-state index contributed by atoms with van der Waals surface area (Å²) in [5.74, 6) is -1.25. The molecule has 0 amide bonds. The Hall–Kier alpha value is -1.36. The van der Waals surface area contributed by atoms with Crippen molar-refractivity contribution in [3.8, 4) is 0 Å². The zero-order valence-electron chi connectivity index (χ0n) is 15.0. The third kappa shape index (κ3) is 9.06. The van der Waals surface area contributed by atoms with Gasteiger partial charge in [0.2, 0.25) is 0 Å². The van der Waals surface area contributed by atoms with Gasteiger partial charge in [-0.1, -0.05) is 52.4 Å². The second-order valence-corrected chi connectivity index (χ2v) is 5.74. The molecule has 2 unspecified atom stereocenters. The molecule has 3 N–H and O–H groups in total. The van der Waals surface area contributed by atoms with Crippen molar-refractivity contribution in [2.75, 3.05) is 0 Å². The SMILES string of the molecule is C1CCCCC1.CC.CC(F)C(=N)CC(N)c1cc(F)ccc1F. The highest BCUT2D eigenvalue weighted by atomic mass is 19.1. The summed E-state index contributed by atoms with van der Waals surface area (Å²) < 4.78 is 38.8. The van der Waals surface area contributed by atoms with Gasteiger partial charge in [0.15, 0.2) is 0 Å². The van der Waals surface area contributed by atoms with Gasteiger partial charge < -0.3 is 11.1 Å². The fourth-order valence-electron chi connectivity index (χ4n) is 2.37. The maximum atomic E-state index is 13.3. The van der Waals surface area contributed by atoms with E-state index in [0.29, 0.717) is 0 Å². The predicted molar refractivity (Wildman–Crippen MR) is 95.3 cm³/mol. The molecule has 0 heterocycles. The average Bonchev–Trinajstić information content (AvgIpc) is 2.60. The summed E-state index contributed by atoms with van der Waals surface area (Å²) in [5, 5.41) is 7.28. The Morgan fingerprint density at radius 1 is 1.08 bits per heavy atom. The van der Waals surface area contributed by atoms with Gasteiger partial charge in [-0.3, -0.25) is 0 Å². The van der Waals surface area contributed by atoms with Gasteiger partial charge in [0.25, 0.3) is 0 Å². The van der Waals surface area contributed by atoms with E-state index < -0.39 is 23.8 Å². The minimum absolute atomic E-state index is 0.0367. The summed E-state index contributed by atoms with van der Waals surface area (Å²) in [4.78, 5) is 0. The summed E-state index contributed by atoms with van der Waals surface area (Å²) in [7, 11) is 0. The lowest BCUT2D eigenvalue weighted by atomic mass is 10.00. The average molecular weight is 344 g/mol. The quantitative estimate of drug-likeness (QED) is 0.637. The second-order valence-electron chi connectivity index (χ2n) is 5.74. The van der Waals surface area contributed by atoms with Crippen molar-refractivity contribution >= 4 is 5.71 Å². The summed E-state index contributed by atoms with van der Waals surface area (Å²) >= 11 is 0. The van der Waals surface area contributed by atoms with E-state index in [1.54, 1.807) is 0 Å². The first kappa shape index (κ1) is 22.6. The summed E-state index contributed by atoms with van der Waals surface area (Å²) in [6, 6.07) is 2.01. The van der Waals surface area contributed by atoms with Crippen molar-refractivity contribution in [3.05, 3.63) is 35.4 Å². The van der Waals surface area contributed by atoms with E-state index in [2.05, 4.69) is 0 Å². The first-order valence-corrected chi connectivity index (χ1v) is 8.83. The molecule has 2 atom stereocenters. The topological polar surface area (TPSA) is 49.9 Å². The van der Waals surface area contributed by atoms with Gasteiger partial charge in [-0.05, 0) is 25.1 Å². The lowest BCUT2D eigenvalue weighted by molar-refractivity contribution is 0.443. The monoisotopic (exact) mass is 344 g/mol. The molecule has 2 rings (SSSR count). The van der Waals surface area contributed by atoms with Crippen molar-refractivity contribution in [2.24, 2.45) is 5.73 Å². The predicted octanol–water partition coefficient (Wildman–Crippen LogP) is 6.10. The number of hydrogen-bond donors (Lipinski definition) is 2. The first-order valence-electron chi connectivity index (χ1n) is 8.83. The molecule has 0 saturated heterocycles. The van der Waals surface area contributed by atoms with Crippen LogP contribution in [0.2, 0.25) is 0 Å². The molecular weight excluding hydrogens is 313 g/mol. The highest BCUT2D eigenvalue weighted by molar-refractivity contribution is 5.85. The molecule has 1 aromatic rings. The number of hydrogen-bond acceptors (Lipinski definition) is 2. The van der Waals surface area contributed by atoms with Crippen LogP contribution in [0.25, 0.3) is 0 Å². The van der Waals surface area contributed by atoms with E-state index in [0.717, 1.165) is 18.2 Å². The summed E-state index contributed by atoms with van der Waals surface area (Å²) in [6.07, 6.45) is 7.44. The maximum Gasteiger partial charge on any atom is 0.135 e. The Labute approximate surface area is 144 Å². The van der Waals surface area contributed by atoms with Crippen LogP contribution < -0.4 is 5.73 Å². The standard InChI is InChI=1S/C11H13F3N2.C6H12.C2H6/c1-6(12)10(15)5-11(16)8-4-7(13)2-3-9(8)14;1-2-4-6-5-3-1;1-2/h2-4,6,11,15H,5,16H2,1H3;1-6H2;1-2H3. The Morgan fingerprint density at radius 2 is 1.54 bits per heavy atom. The molecule has 0 aliphatic heterocycles. The van der Waals surface area contributed by atoms with Crippen LogP contribution in [0.4, 0.5) is 13.2 Å². The van der Waals surface area contributed by atoms with Crippen molar-refractivity contribution < 1.29 is 13.2 Å². The summed E-state index contributed by atoms with van der Waals surface area (Å²) in [5.41, 5.74) is 5.33. The second kappa shape index (κ2) is 13.0. The van der Waals surface area contributed by atoms with E-state index in [1.165, 1.54) is 45.4 Å². The van der Waals surface area contributed by atoms with Gasteiger partial charge in [0.05, 0.1) is 0 Å². The highest BCUT2D eigenvalue weighted by Gasteiger charge is 2.17. The Balaban J connectivity index is 0.000000547. The molecule has 0 radical (unpaired) electrons.